The molecule has 0 aliphatic carbocycles. The van der Waals surface area contributed by atoms with E-state index in [-0.39, 0.29) is 0 Å². The van der Waals surface area contributed by atoms with Gasteiger partial charge in [0.25, 0.3) is 4.84 Å². The molecule has 0 bridgehead atoms. The van der Waals surface area contributed by atoms with Crippen LogP contribution in [0, 0.1) is 4.84 Å². The molecule has 0 amide bonds. The van der Waals surface area contributed by atoms with Gasteiger partial charge >= 0.3 is 0 Å². The Labute approximate surface area is 57.3 Å². The van der Waals surface area contributed by atoms with Gasteiger partial charge in [0.15, 0.2) is 0 Å². The third-order valence-corrected chi connectivity index (χ3v) is 0.985. The SMILES string of the molecule is CNCc1n[nH]c(=S)o1. The lowest BCUT2D eigenvalue weighted by molar-refractivity contribution is 0.468. The van der Waals surface area contributed by atoms with Crippen molar-refractivity contribution in [1.82, 2.24) is 15.5 Å². The molecule has 0 saturated heterocycles. The number of nitrogens with zero attached hydrogens (tertiary/aromatic N) is 1. The fraction of sp³-hybridized carbons (Fsp3) is 0.500. The van der Waals surface area contributed by atoms with E-state index >= 15 is 0 Å². The van der Waals surface area contributed by atoms with Gasteiger partial charge < -0.3 is 9.73 Å². The molecule has 50 valence electrons. The molecular formula is C4H7N3OS. The van der Waals surface area contributed by atoms with Crippen LogP contribution in [-0.4, -0.2) is 17.2 Å². The molecule has 0 unspecified atom stereocenters. The monoisotopic (exact) mass is 145 g/mol. The Morgan fingerprint density at radius 2 is 2.67 bits per heavy atom. The highest BCUT2D eigenvalue weighted by atomic mass is 32.1. The molecule has 0 atom stereocenters. The number of H-pyrrole nitrogens is 1. The molecule has 4 nitrogen and oxygen atoms in total. The van der Waals surface area contributed by atoms with Crippen molar-refractivity contribution in [2.24, 2.45) is 0 Å². The Hall–Kier alpha value is -0.680. The van der Waals surface area contributed by atoms with Crippen molar-refractivity contribution < 1.29 is 4.42 Å². The van der Waals surface area contributed by atoms with Gasteiger partial charge in [-0.3, -0.25) is 0 Å². The van der Waals surface area contributed by atoms with Crippen molar-refractivity contribution in [2.75, 3.05) is 7.05 Å². The molecule has 9 heavy (non-hydrogen) atoms. The van der Waals surface area contributed by atoms with E-state index in [9.17, 15) is 0 Å². The van der Waals surface area contributed by atoms with E-state index < -0.39 is 0 Å². The van der Waals surface area contributed by atoms with E-state index in [0.29, 0.717) is 17.3 Å². The summed E-state index contributed by atoms with van der Waals surface area (Å²) < 4.78 is 4.91. The lowest BCUT2D eigenvalue weighted by Gasteiger charge is -1.86. The van der Waals surface area contributed by atoms with Crippen molar-refractivity contribution in [1.29, 1.82) is 0 Å². The standard InChI is InChI=1S/C4H7N3OS/c1-5-2-3-6-7-4(9)8-3/h5H,2H2,1H3,(H,7,9). The maximum absolute atomic E-state index is 4.91. The first-order valence-electron chi connectivity index (χ1n) is 2.52. The van der Waals surface area contributed by atoms with Gasteiger partial charge in [-0.2, -0.15) is 0 Å². The van der Waals surface area contributed by atoms with Crippen LogP contribution in [0.1, 0.15) is 5.89 Å². The summed E-state index contributed by atoms with van der Waals surface area (Å²) in [4.78, 5) is 0.320. The molecule has 0 spiro atoms. The van der Waals surface area contributed by atoms with Gasteiger partial charge in [0.05, 0.1) is 6.54 Å². The molecule has 0 aliphatic heterocycles. The quantitative estimate of drug-likeness (QED) is 0.593. The first-order chi connectivity index (χ1) is 4.33. The van der Waals surface area contributed by atoms with Gasteiger partial charge in [0.2, 0.25) is 5.89 Å². The Morgan fingerprint density at radius 1 is 1.89 bits per heavy atom. The zero-order valence-corrected chi connectivity index (χ0v) is 5.79. The minimum atomic E-state index is 0.320. The average Bonchev–Trinajstić information content (AvgIpc) is 2.17. The van der Waals surface area contributed by atoms with E-state index in [0.717, 1.165) is 0 Å². The summed E-state index contributed by atoms with van der Waals surface area (Å²) in [6, 6.07) is 0. The molecule has 1 aromatic rings. The summed E-state index contributed by atoms with van der Waals surface area (Å²) in [6.07, 6.45) is 0. The number of aromatic nitrogens is 2. The second-order valence-electron chi connectivity index (χ2n) is 1.54. The molecular weight excluding hydrogens is 138 g/mol. The van der Waals surface area contributed by atoms with Crippen LogP contribution in [0.4, 0.5) is 0 Å². The van der Waals surface area contributed by atoms with Crippen molar-refractivity contribution in [3.05, 3.63) is 10.7 Å². The minimum absolute atomic E-state index is 0.320. The number of nitrogens with one attached hydrogen (secondary N) is 2. The van der Waals surface area contributed by atoms with Gasteiger partial charge in [-0.05, 0) is 19.3 Å². The maximum atomic E-state index is 4.91. The second kappa shape index (κ2) is 2.75. The van der Waals surface area contributed by atoms with Crippen LogP contribution in [0.15, 0.2) is 4.42 Å². The van der Waals surface area contributed by atoms with Crippen LogP contribution in [0.3, 0.4) is 0 Å². The summed E-state index contributed by atoms with van der Waals surface area (Å²) >= 11 is 4.63. The van der Waals surface area contributed by atoms with Gasteiger partial charge in [0, 0.05) is 0 Å². The van der Waals surface area contributed by atoms with Gasteiger partial charge in [-0.1, -0.05) is 0 Å². The molecule has 1 rings (SSSR count). The Balaban J connectivity index is 2.73. The van der Waals surface area contributed by atoms with Crippen molar-refractivity contribution in [3.63, 3.8) is 0 Å². The number of hydrogen-bond donors (Lipinski definition) is 2. The summed E-state index contributed by atoms with van der Waals surface area (Å²) in [5.74, 6) is 0.586. The van der Waals surface area contributed by atoms with E-state index in [1.807, 2.05) is 7.05 Å². The first-order valence-corrected chi connectivity index (χ1v) is 2.92. The fourth-order valence-corrected chi connectivity index (χ4v) is 0.629. The zero-order valence-electron chi connectivity index (χ0n) is 4.97. The van der Waals surface area contributed by atoms with Gasteiger partial charge in [-0.15, -0.1) is 5.10 Å². The number of rotatable bonds is 2. The van der Waals surface area contributed by atoms with E-state index in [1.54, 1.807) is 0 Å². The predicted molar refractivity (Wildman–Crippen MR) is 34.5 cm³/mol. The highest BCUT2D eigenvalue weighted by Crippen LogP contribution is 1.91. The lowest BCUT2D eigenvalue weighted by atomic mass is 10.7. The molecule has 0 radical (unpaired) electrons. The predicted octanol–water partition coefficient (Wildman–Crippen LogP) is 0.452. The van der Waals surface area contributed by atoms with Gasteiger partial charge in [0.1, 0.15) is 0 Å². The Kier molecular flexibility index (Phi) is 1.96. The molecule has 0 saturated carbocycles. The Morgan fingerprint density at radius 3 is 3.11 bits per heavy atom. The van der Waals surface area contributed by atoms with E-state index in [1.165, 1.54) is 0 Å². The molecule has 2 N–H and O–H groups in total. The van der Waals surface area contributed by atoms with Crippen LogP contribution in [0.5, 0.6) is 0 Å². The van der Waals surface area contributed by atoms with Crippen molar-refractivity contribution in [2.45, 2.75) is 6.54 Å². The summed E-state index contributed by atoms with van der Waals surface area (Å²) in [5.41, 5.74) is 0. The summed E-state index contributed by atoms with van der Waals surface area (Å²) in [5, 5.41) is 9.13. The topological polar surface area (TPSA) is 53.9 Å². The third kappa shape index (κ3) is 1.62. The zero-order chi connectivity index (χ0) is 6.69. The molecule has 5 heteroatoms. The Bertz CT molecular complexity index is 228. The normalized spacial score (nSPS) is 9.89. The highest BCUT2D eigenvalue weighted by molar-refractivity contribution is 7.71. The summed E-state index contributed by atoms with van der Waals surface area (Å²) in [7, 11) is 1.81. The van der Waals surface area contributed by atoms with Gasteiger partial charge in [-0.25, -0.2) is 5.10 Å². The smallest absolute Gasteiger partial charge is 0.284 e. The van der Waals surface area contributed by atoms with Crippen LogP contribution < -0.4 is 5.32 Å². The van der Waals surface area contributed by atoms with Crippen molar-refractivity contribution in [3.8, 4) is 0 Å². The van der Waals surface area contributed by atoms with E-state index in [4.69, 9.17) is 4.42 Å². The maximum Gasteiger partial charge on any atom is 0.284 e. The first kappa shape index (κ1) is 6.44. The van der Waals surface area contributed by atoms with Crippen LogP contribution in [-0.2, 0) is 6.54 Å². The minimum Gasteiger partial charge on any atom is -0.413 e. The largest absolute Gasteiger partial charge is 0.413 e. The lowest BCUT2D eigenvalue weighted by Crippen LogP contribution is -2.04. The molecule has 1 aromatic heterocycles. The molecule has 0 aliphatic rings. The fourth-order valence-electron chi connectivity index (χ4n) is 0.487. The van der Waals surface area contributed by atoms with E-state index in [2.05, 4.69) is 27.7 Å². The summed E-state index contributed by atoms with van der Waals surface area (Å²) in [6.45, 7) is 0.604. The van der Waals surface area contributed by atoms with Crippen LogP contribution >= 0.6 is 12.2 Å². The molecule has 0 fully saturated rings. The third-order valence-electron chi connectivity index (χ3n) is 0.810. The highest BCUT2D eigenvalue weighted by Gasteiger charge is 1.93. The molecule has 1 heterocycles. The van der Waals surface area contributed by atoms with Crippen LogP contribution in [0.2, 0.25) is 0 Å². The van der Waals surface area contributed by atoms with Crippen molar-refractivity contribution >= 4 is 12.2 Å². The number of aromatic amines is 1. The second-order valence-corrected chi connectivity index (χ2v) is 1.91. The molecule has 0 aromatic carbocycles. The van der Waals surface area contributed by atoms with Crippen LogP contribution in [0.25, 0.3) is 0 Å². The average molecular weight is 145 g/mol. The number of hydrogen-bond acceptors (Lipinski definition) is 4.